The first-order valence-corrected chi connectivity index (χ1v) is 9.16. The van der Waals surface area contributed by atoms with Crippen molar-refractivity contribution in [1.29, 1.82) is 0 Å². The number of hydrogen-bond acceptors (Lipinski definition) is 6. The predicted octanol–water partition coefficient (Wildman–Crippen LogP) is 1.92. The number of fused-ring (bicyclic) bond motifs is 1. The van der Waals surface area contributed by atoms with Gasteiger partial charge in [0.1, 0.15) is 12.1 Å². The molecule has 0 radical (unpaired) electrons. The maximum absolute atomic E-state index is 13.4. The Kier molecular flexibility index (Phi) is 4.33. The minimum absolute atomic E-state index is 0.0360. The van der Waals surface area contributed by atoms with Crippen molar-refractivity contribution < 1.29 is 14.3 Å². The Morgan fingerprint density at radius 3 is 2.62 bits per heavy atom. The summed E-state index contributed by atoms with van der Waals surface area (Å²) in [6.07, 6.45) is 2.71. The molecule has 1 aromatic carbocycles. The molecule has 3 N–H and O–H groups in total. The number of hydrogen-bond donors (Lipinski definition) is 2. The third kappa shape index (κ3) is 2.93. The molecule has 136 valence electrons. The molecule has 3 heterocycles. The van der Waals surface area contributed by atoms with Gasteiger partial charge in [0, 0.05) is 5.92 Å². The summed E-state index contributed by atoms with van der Waals surface area (Å²) < 4.78 is 14.8. The number of carbonyl (C=O) groups excluding carboxylic acids is 1. The van der Waals surface area contributed by atoms with Crippen molar-refractivity contribution in [3.8, 4) is 5.88 Å². The second-order valence-electron chi connectivity index (χ2n) is 6.41. The van der Waals surface area contributed by atoms with Crippen LogP contribution in [0.5, 0.6) is 5.88 Å². The van der Waals surface area contributed by atoms with Crippen LogP contribution in [-0.4, -0.2) is 43.6 Å². The van der Waals surface area contributed by atoms with E-state index in [1.807, 2.05) is 0 Å². The topological polar surface area (TPSA) is 96.8 Å². The summed E-state index contributed by atoms with van der Waals surface area (Å²) in [5, 5.41) is 14.7. The normalized spacial score (nSPS) is 17.6. The second-order valence-corrected chi connectivity index (χ2v) is 7.42. The fourth-order valence-corrected chi connectivity index (χ4v) is 4.58. The summed E-state index contributed by atoms with van der Waals surface area (Å²) in [5.41, 5.74) is 6.30. The van der Waals surface area contributed by atoms with Crippen molar-refractivity contribution in [3.63, 3.8) is 0 Å². The van der Waals surface area contributed by atoms with E-state index in [4.69, 9.17) is 5.73 Å². The van der Waals surface area contributed by atoms with Gasteiger partial charge in [0.15, 0.2) is 0 Å². The van der Waals surface area contributed by atoms with Crippen molar-refractivity contribution in [1.82, 2.24) is 19.5 Å². The lowest BCUT2D eigenvalue weighted by molar-refractivity contribution is -0.123. The minimum Gasteiger partial charge on any atom is -0.492 e. The van der Waals surface area contributed by atoms with Crippen LogP contribution in [0.4, 0.5) is 4.39 Å². The van der Waals surface area contributed by atoms with Crippen molar-refractivity contribution in [3.05, 3.63) is 46.9 Å². The van der Waals surface area contributed by atoms with Gasteiger partial charge < -0.3 is 10.8 Å². The Labute approximate surface area is 152 Å². The van der Waals surface area contributed by atoms with Crippen LogP contribution in [0.15, 0.2) is 30.6 Å². The van der Waals surface area contributed by atoms with Crippen LogP contribution >= 0.6 is 11.3 Å². The molecule has 1 saturated heterocycles. The summed E-state index contributed by atoms with van der Waals surface area (Å²) in [5.74, 6) is -0.679. The van der Waals surface area contributed by atoms with Gasteiger partial charge in [-0.1, -0.05) is 23.5 Å². The van der Waals surface area contributed by atoms with E-state index in [9.17, 15) is 14.3 Å². The standard InChI is InChI=1S/C17H18FN5O2S/c18-12-3-1-10(2-4-12)13(22-7-5-11(6-8-22)15(19)24)14-16(25)23-17(26-14)20-9-21-23/h1-4,9,11,13,25H,5-8H2,(H2,19,24). The van der Waals surface area contributed by atoms with E-state index in [0.717, 1.165) is 5.56 Å². The number of nitrogens with two attached hydrogens (primary N) is 1. The van der Waals surface area contributed by atoms with Gasteiger partial charge in [0.2, 0.25) is 16.7 Å². The van der Waals surface area contributed by atoms with Gasteiger partial charge in [-0.05, 0) is 43.6 Å². The van der Waals surface area contributed by atoms with E-state index in [1.165, 1.54) is 34.3 Å². The van der Waals surface area contributed by atoms with E-state index >= 15 is 0 Å². The van der Waals surface area contributed by atoms with Gasteiger partial charge in [-0.2, -0.15) is 9.61 Å². The second kappa shape index (κ2) is 6.65. The lowest BCUT2D eigenvalue weighted by atomic mass is 9.93. The molecule has 0 bridgehead atoms. The molecule has 1 aliphatic rings. The Hall–Kier alpha value is -2.52. The van der Waals surface area contributed by atoms with E-state index in [2.05, 4.69) is 15.0 Å². The number of benzene rings is 1. The molecule has 9 heteroatoms. The summed E-state index contributed by atoms with van der Waals surface area (Å²) in [7, 11) is 0. The Bertz CT molecular complexity index is 930. The average molecular weight is 375 g/mol. The van der Waals surface area contributed by atoms with E-state index in [-0.39, 0.29) is 29.6 Å². The molecule has 1 amide bonds. The number of rotatable bonds is 4. The van der Waals surface area contributed by atoms with Crippen molar-refractivity contribution in [2.24, 2.45) is 11.7 Å². The molecular weight excluding hydrogens is 357 g/mol. The monoisotopic (exact) mass is 375 g/mol. The number of nitrogens with zero attached hydrogens (tertiary/aromatic N) is 4. The molecular formula is C17H18FN5O2S. The highest BCUT2D eigenvalue weighted by atomic mass is 32.1. The number of carbonyl (C=O) groups is 1. The van der Waals surface area contributed by atoms with Crippen LogP contribution in [0, 0.1) is 11.7 Å². The van der Waals surface area contributed by atoms with Gasteiger partial charge >= 0.3 is 0 Å². The van der Waals surface area contributed by atoms with Crippen LogP contribution in [0.25, 0.3) is 4.96 Å². The zero-order valence-electron chi connectivity index (χ0n) is 13.9. The van der Waals surface area contributed by atoms with Gasteiger partial charge in [0.25, 0.3) is 0 Å². The first-order chi connectivity index (χ1) is 12.5. The summed E-state index contributed by atoms with van der Waals surface area (Å²) in [4.78, 5) is 19.1. The average Bonchev–Trinajstić information content (AvgIpc) is 3.21. The Balaban J connectivity index is 1.72. The van der Waals surface area contributed by atoms with Crippen LogP contribution in [0.3, 0.4) is 0 Å². The molecule has 1 atom stereocenters. The smallest absolute Gasteiger partial charge is 0.230 e. The van der Waals surface area contributed by atoms with E-state index in [1.54, 1.807) is 12.1 Å². The molecule has 3 aromatic rings. The van der Waals surface area contributed by atoms with Gasteiger partial charge in [-0.15, -0.1) is 0 Å². The van der Waals surface area contributed by atoms with E-state index < -0.39 is 0 Å². The highest BCUT2D eigenvalue weighted by Gasteiger charge is 2.33. The molecule has 2 aromatic heterocycles. The van der Waals surface area contributed by atoms with Crippen molar-refractivity contribution in [2.45, 2.75) is 18.9 Å². The molecule has 0 saturated carbocycles. The van der Waals surface area contributed by atoms with Gasteiger partial charge in [-0.3, -0.25) is 9.69 Å². The molecule has 1 unspecified atom stereocenters. The number of halogens is 1. The third-order valence-corrected chi connectivity index (χ3v) is 5.96. The molecule has 0 spiro atoms. The SMILES string of the molecule is NC(=O)C1CCN(C(c2ccc(F)cc2)c2sc3ncnn3c2O)CC1. The maximum Gasteiger partial charge on any atom is 0.230 e. The number of piperidine rings is 1. The first kappa shape index (κ1) is 16.9. The summed E-state index contributed by atoms with van der Waals surface area (Å²) in [6, 6.07) is 5.99. The zero-order chi connectivity index (χ0) is 18.3. The molecule has 7 nitrogen and oxygen atoms in total. The largest absolute Gasteiger partial charge is 0.492 e. The Morgan fingerprint density at radius 2 is 2.00 bits per heavy atom. The van der Waals surface area contributed by atoms with Crippen LogP contribution in [-0.2, 0) is 4.79 Å². The third-order valence-electron chi connectivity index (χ3n) is 4.87. The first-order valence-electron chi connectivity index (χ1n) is 8.35. The van der Waals surface area contributed by atoms with Crippen LogP contribution in [0.1, 0.15) is 29.3 Å². The molecule has 4 rings (SSSR count). The highest BCUT2D eigenvalue weighted by Crippen LogP contribution is 2.41. The lowest BCUT2D eigenvalue weighted by Crippen LogP contribution is -2.40. The number of amides is 1. The summed E-state index contributed by atoms with van der Waals surface area (Å²) >= 11 is 1.35. The fourth-order valence-electron chi connectivity index (χ4n) is 3.49. The predicted molar refractivity (Wildman–Crippen MR) is 94.3 cm³/mol. The highest BCUT2D eigenvalue weighted by molar-refractivity contribution is 7.17. The fraction of sp³-hybridized carbons (Fsp3) is 0.353. The van der Waals surface area contributed by atoms with Gasteiger partial charge in [0.05, 0.1) is 10.9 Å². The Morgan fingerprint density at radius 1 is 1.31 bits per heavy atom. The van der Waals surface area contributed by atoms with Crippen LogP contribution < -0.4 is 5.73 Å². The van der Waals surface area contributed by atoms with Crippen molar-refractivity contribution >= 4 is 22.2 Å². The maximum atomic E-state index is 13.4. The minimum atomic E-state index is -0.313. The number of aromatic nitrogens is 3. The van der Waals surface area contributed by atoms with Crippen molar-refractivity contribution in [2.75, 3.05) is 13.1 Å². The number of primary amides is 1. The number of likely N-dealkylation sites (tertiary alicyclic amines) is 1. The quantitative estimate of drug-likeness (QED) is 0.726. The van der Waals surface area contributed by atoms with E-state index in [0.29, 0.717) is 35.8 Å². The zero-order valence-corrected chi connectivity index (χ0v) is 14.7. The molecule has 0 aliphatic carbocycles. The summed E-state index contributed by atoms with van der Waals surface area (Å²) in [6.45, 7) is 1.31. The van der Waals surface area contributed by atoms with Crippen LogP contribution in [0.2, 0.25) is 0 Å². The molecule has 1 fully saturated rings. The molecule has 1 aliphatic heterocycles. The number of aromatic hydroxyl groups is 1. The van der Waals surface area contributed by atoms with Gasteiger partial charge in [-0.25, -0.2) is 9.37 Å². The molecule has 26 heavy (non-hydrogen) atoms. The number of thiazole rings is 1. The lowest BCUT2D eigenvalue weighted by Gasteiger charge is -2.36.